The first-order valence-corrected chi connectivity index (χ1v) is 11.8. The summed E-state index contributed by atoms with van der Waals surface area (Å²) < 4.78 is 10.7. The quantitative estimate of drug-likeness (QED) is 0.457. The molecule has 3 aromatic rings. The number of rotatable bonds is 10. The Kier molecular flexibility index (Phi) is 8.18. The topological polar surface area (TPSA) is 97.0 Å². The van der Waals surface area contributed by atoms with Crippen molar-refractivity contribution in [3.05, 3.63) is 84.4 Å². The number of carbonyl (C=O) groups is 3. The number of nitrogens with zero attached hydrogens (tertiary/aromatic N) is 1. The van der Waals surface area contributed by atoms with Crippen LogP contribution in [0.4, 0.5) is 11.4 Å². The average molecular weight is 488 g/mol. The van der Waals surface area contributed by atoms with Crippen molar-refractivity contribution in [1.82, 2.24) is 5.32 Å². The highest BCUT2D eigenvalue weighted by Crippen LogP contribution is 2.27. The van der Waals surface area contributed by atoms with E-state index >= 15 is 0 Å². The highest BCUT2D eigenvalue weighted by Gasteiger charge is 2.34. The first kappa shape index (κ1) is 24.8. The number of benzene rings is 3. The first-order valence-electron chi connectivity index (χ1n) is 11.8. The van der Waals surface area contributed by atoms with Crippen LogP contribution < -0.4 is 25.0 Å². The van der Waals surface area contributed by atoms with Crippen molar-refractivity contribution in [2.45, 2.75) is 12.8 Å². The van der Waals surface area contributed by atoms with Crippen molar-refractivity contribution < 1.29 is 23.9 Å². The molecule has 3 amide bonds. The van der Waals surface area contributed by atoms with E-state index in [2.05, 4.69) is 10.6 Å². The summed E-state index contributed by atoms with van der Waals surface area (Å²) in [6.07, 6.45) is 0.926. The van der Waals surface area contributed by atoms with Gasteiger partial charge < -0.3 is 25.0 Å². The highest BCUT2D eigenvalue weighted by atomic mass is 16.5. The SMILES string of the molecule is COc1cccc(NC(=O)COc2ccc(N3C[C@H](C(=O)NCCc4ccccc4)CC3=O)cc2)c1. The Morgan fingerprint density at radius 2 is 1.75 bits per heavy atom. The number of ether oxygens (including phenoxy) is 2. The molecule has 0 bridgehead atoms. The van der Waals surface area contributed by atoms with Gasteiger partial charge in [-0.25, -0.2) is 0 Å². The van der Waals surface area contributed by atoms with Crippen LogP contribution in [0.1, 0.15) is 12.0 Å². The molecule has 186 valence electrons. The zero-order chi connectivity index (χ0) is 25.3. The zero-order valence-electron chi connectivity index (χ0n) is 20.1. The smallest absolute Gasteiger partial charge is 0.262 e. The summed E-state index contributed by atoms with van der Waals surface area (Å²) in [5.41, 5.74) is 2.46. The van der Waals surface area contributed by atoms with Crippen LogP contribution in [-0.2, 0) is 20.8 Å². The molecule has 2 N–H and O–H groups in total. The van der Waals surface area contributed by atoms with Crippen LogP contribution >= 0.6 is 0 Å². The normalized spacial score (nSPS) is 14.9. The number of anilines is 2. The summed E-state index contributed by atoms with van der Waals surface area (Å²) in [7, 11) is 1.56. The first-order chi connectivity index (χ1) is 17.5. The standard InChI is InChI=1S/C28H29N3O5/c1-35-25-9-5-8-22(17-25)30-26(32)19-36-24-12-10-23(11-13-24)31-18-21(16-27(31)33)28(34)29-15-14-20-6-3-2-4-7-20/h2-13,17,21H,14-16,18-19H2,1H3,(H,29,34)(H,30,32)/t21-/m1/s1. The molecule has 0 aromatic heterocycles. The van der Waals surface area contributed by atoms with Crippen molar-refractivity contribution in [3.8, 4) is 11.5 Å². The van der Waals surface area contributed by atoms with Gasteiger partial charge in [-0.3, -0.25) is 14.4 Å². The van der Waals surface area contributed by atoms with Crippen LogP contribution in [0.2, 0.25) is 0 Å². The molecule has 0 unspecified atom stereocenters. The third-order valence-electron chi connectivity index (χ3n) is 5.92. The maximum absolute atomic E-state index is 12.6. The van der Waals surface area contributed by atoms with E-state index in [4.69, 9.17) is 9.47 Å². The van der Waals surface area contributed by atoms with Crippen molar-refractivity contribution in [3.63, 3.8) is 0 Å². The molecule has 4 rings (SSSR count). The van der Waals surface area contributed by atoms with E-state index in [1.165, 1.54) is 0 Å². The summed E-state index contributed by atoms with van der Waals surface area (Å²) >= 11 is 0. The Labute approximate surface area is 210 Å². The highest BCUT2D eigenvalue weighted by molar-refractivity contribution is 6.00. The maximum atomic E-state index is 12.6. The van der Waals surface area contributed by atoms with Gasteiger partial charge in [-0.05, 0) is 48.4 Å². The van der Waals surface area contributed by atoms with Crippen LogP contribution in [0.5, 0.6) is 11.5 Å². The van der Waals surface area contributed by atoms with Gasteiger partial charge in [-0.15, -0.1) is 0 Å². The van der Waals surface area contributed by atoms with E-state index in [0.717, 1.165) is 12.0 Å². The van der Waals surface area contributed by atoms with Gasteiger partial charge in [0.1, 0.15) is 11.5 Å². The maximum Gasteiger partial charge on any atom is 0.262 e. The molecule has 8 nitrogen and oxygen atoms in total. The second kappa shape index (κ2) is 11.9. The third-order valence-corrected chi connectivity index (χ3v) is 5.92. The average Bonchev–Trinajstić information content (AvgIpc) is 3.30. The molecule has 1 fully saturated rings. The van der Waals surface area contributed by atoms with Gasteiger partial charge in [0.05, 0.1) is 13.0 Å². The van der Waals surface area contributed by atoms with Gasteiger partial charge in [0.25, 0.3) is 5.91 Å². The molecule has 0 spiro atoms. The van der Waals surface area contributed by atoms with Crippen molar-refractivity contribution in [1.29, 1.82) is 0 Å². The summed E-state index contributed by atoms with van der Waals surface area (Å²) in [6, 6.07) is 23.9. The molecule has 1 aliphatic heterocycles. The fraction of sp³-hybridized carbons (Fsp3) is 0.250. The lowest BCUT2D eigenvalue weighted by Gasteiger charge is -2.17. The molecule has 1 heterocycles. The van der Waals surface area contributed by atoms with Gasteiger partial charge in [0.15, 0.2) is 6.61 Å². The van der Waals surface area contributed by atoms with E-state index < -0.39 is 0 Å². The fourth-order valence-corrected chi connectivity index (χ4v) is 4.02. The second-order valence-electron chi connectivity index (χ2n) is 8.49. The molecule has 3 aromatic carbocycles. The van der Waals surface area contributed by atoms with Gasteiger partial charge >= 0.3 is 0 Å². The largest absolute Gasteiger partial charge is 0.497 e. The summed E-state index contributed by atoms with van der Waals surface area (Å²) in [6.45, 7) is 0.703. The number of hydrogen-bond acceptors (Lipinski definition) is 5. The lowest BCUT2D eigenvalue weighted by atomic mass is 10.1. The van der Waals surface area contributed by atoms with Gasteiger partial charge in [-0.2, -0.15) is 0 Å². The number of amides is 3. The summed E-state index contributed by atoms with van der Waals surface area (Å²) in [5, 5.41) is 5.70. The molecule has 1 saturated heterocycles. The molecule has 8 heteroatoms. The van der Waals surface area contributed by atoms with Crippen LogP contribution in [0.3, 0.4) is 0 Å². The Morgan fingerprint density at radius 1 is 0.972 bits per heavy atom. The Balaban J connectivity index is 1.24. The van der Waals surface area contributed by atoms with Crippen LogP contribution in [0.25, 0.3) is 0 Å². The minimum atomic E-state index is -0.385. The third kappa shape index (κ3) is 6.63. The molecule has 0 saturated carbocycles. The number of nitrogens with one attached hydrogen (secondary N) is 2. The minimum absolute atomic E-state index is 0.0930. The number of hydrogen-bond donors (Lipinski definition) is 2. The fourth-order valence-electron chi connectivity index (χ4n) is 4.02. The monoisotopic (exact) mass is 487 g/mol. The van der Waals surface area contributed by atoms with Gasteiger partial charge in [0.2, 0.25) is 11.8 Å². The predicted octanol–water partition coefficient (Wildman–Crippen LogP) is 3.42. The van der Waals surface area contributed by atoms with Crippen molar-refractivity contribution in [2.75, 3.05) is 37.0 Å². The number of methoxy groups -OCH3 is 1. The van der Waals surface area contributed by atoms with E-state index in [9.17, 15) is 14.4 Å². The van der Waals surface area contributed by atoms with Crippen LogP contribution in [-0.4, -0.2) is 44.5 Å². The summed E-state index contributed by atoms with van der Waals surface area (Å²) in [5.74, 6) is 0.259. The molecule has 1 aliphatic rings. The van der Waals surface area contributed by atoms with E-state index in [1.807, 2.05) is 30.3 Å². The predicted molar refractivity (Wildman–Crippen MR) is 137 cm³/mol. The van der Waals surface area contributed by atoms with E-state index in [1.54, 1.807) is 60.5 Å². The van der Waals surface area contributed by atoms with Crippen molar-refractivity contribution in [2.24, 2.45) is 5.92 Å². The molecule has 36 heavy (non-hydrogen) atoms. The molecular formula is C28H29N3O5. The lowest BCUT2D eigenvalue weighted by Crippen LogP contribution is -2.34. The van der Waals surface area contributed by atoms with Gasteiger partial charge in [-0.1, -0.05) is 36.4 Å². The lowest BCUT2D eigenvalue weighted by molar-refractivity contribution is -0.126. The van der Waals surface area contributed by atoms with Crippen LogP contribution in [0.15, 0.2) is 78.9 Å². The zero-order valence-corrected chi connectivity index (χ0v) is 20.1. The minimum Gasteiger partial charge on any atom is -0.497 e. The molecule has 0 radical (unpaired) electrons. The number of carbonyl (C=O) groups excluding carboxylic acids is 3. The molecule has 0 aliphatic carbocycles. The van der Waals surface area contributed by atoms with E-state index in [-0.39, 0.29) is 36.7 Å². The van der Waals surface area contributed by atoms with Crippen LogP contribution in [0, 0.1) is 5.92 Å². The Bertz CT molecular complexity index is 1200. The van der Waals surface area contributed by atoms with Gasteiger partial charge in [0, 0.05) is 37.0 Å². The van der Waals surface area contributed by atoms with Crippen molar-refractivity contribution >= 4 is 29.1 Å². The summed E-state index contributed by atoms with van der Waals surface area (Å²) in [4.78, 5) is 38.9. The molecule has 1 atom stereocenters. The second-order valence-corrected chi connectivity index (χ2v) is 8.49. The Morgan fingerprint density at radius 3 is 2.50 bits per heavy atom. The Hall–Kier alpha value is -4.33. The molecular weight excluding hydrogens is 458 g/mol. The van der Waals surface area contributed by atoms with E-state index in [0.29, 0.717) is 36.0 Å².